The first-order chi connectivity index (χ1) is 18.2. The van der Waals surface area contributed by atoms with Crippen LogP contribution in [0.15, 0.2) is 42.5 Å². The van der Waals surface area contributed by atoms with Gasteiger partial charge in [-0.1, -0.05) is 41.4 Å². The lowest BCUT2D eigenvalue weighted by molar-refractivity contribution is -0.141. The number of rotatable bonds is 10. The van der Waals surface area contributed by atoms with Crippen molar-refractivity contribution >= 4 is 40.7 Å². The highest BCUT2D eigenvalue weighted by atomic mass is 35.5. The molecule has 204 valence electrons. The Morgan fingerprint density at radius 1 is 1.18 bits per heavy atom. The number of aryl methyl sites for hydroxylation is 1. The van der Waals surface area contributed by atoms with Gasteiger partial charge >= 0.3 is 6.03 Å². The van der Waals surface area contributed by atoms with Crippen LogP contribution in [0.5, 0.6) is 5.88 Å². The van der Waals surface area contributed by atoms with Gasteiger partial charge in [-0.25, -0.2) is 9.48 Å². The van der Waals surface area contributed by atoms with E-state index in [-0.39, 0.29) is 12.7 Å². The zero-order valence-corrected chi connectivity index (χ0v) is 23.4. The first-order valence-corrected chi connectivity index (χ1v) is 13.1. The van der Waals surface area contributed by atoms with Crippen LogP contribution in [0.25, 0.3) is 5.69 Å². The van der Waals surface area contributed by atoms with Gasteiger partial charge in [-0.3, -0.25) is 5.32 Å². The highest BCUT2D eigenvalue weighted by molar-refractivity contribution is 6.42. The Morgan fingerprint density at radius 2 is 1.92 bits per heavy atom. The van der Waals surface area contributed by atoms with E-state index in [9.17, 15) is 4.79 Å². The number of carbonyl (C=O) groups is 1. The van der Waals surface area contributed by atoms with Gasteiger partial charge in [0.05, 0.1) is 27.9 Å². The van der Waals surface area contributed by atoms with E-state index >= 15 is 0 Å². The van der Waals surface area contributed by atoms with Gasteiger partial charge < -0.3 is 24.3 Å². The van der Waals surface area contributed by atoms with E-state index in [1.165, 1.54) is 0 Å². The van der Waals surface area contributed by atoms with Crippen molar-refractivity contribution in [3.8, 4) is 11.6 Å². The third-order valence-electron chi connectivity index (χ3n) is 5.97. The van der Waals surface area contributed by atoms with Gasteiger partial charge in [0, 0.05) is 19.4 Å². The third kappa shape index (κ3) is 6.98. The molecule has 11 heteroatoms. The molecule has 1 atom stereocenters. The van der Waals surface area contributed by atoms with Crippen molar-refractivity contribution in [3.63, 3.8) is 0 Å². The number of benzene rings is 2. The summed E-state index contributed by atoms with van der Waals surface area (Å²) in [5, 5.41) is 11.2. The number of ether oxygens (including phenoxy) is 4. The molecule has 2 heterocycles. The first kappa shape index (κ1) is 28.2. The maximum Gasteiger partial charge on any atom is 0.324 e. The third-order valence-corrected chi connectivity index (χ3v) is 6.70. The van der Waals surface area contributed by atoms with Crippen LogP contribution in [0, 0.1) is 6.92 Å². The van der Waals surface area contributed by atoms with Gasteiger partial charge in [-0.15, -0.1) is 5.10 Å². The molecule has 3 aromatic rings. The summed E-state index contributed by atoms with van der Waals surface area (Å²) in [5.74, 6) is 0.199. The molecule has 1 saturated heterocycles. The van der Waals surface area contributed by atoms with Crippen LogP contribution in [-0.4, -0.2) is 54.6 Å². The van der Waals surface area contributed by atoms with Crippen molar-refractivity contribution < 1.29 is 23.7 Å². The highest BCUT2D eigenvalue weighted by Crippen LogP contribution is 2.32. The summed E-state index contributed by atoms with van der Waals surface area (Å²) in [4.78, 5) is 13.2. The van der Waals surface area contributed by atoms with Crippen LogP contribution in [0.4, 0.5) is 16.3 Å². The van der Waals surface area contributed by atoms with Crippen molar-refractivity contribution in [2.24, 2.45) is 0 Å². The molecule has 0 radical (unpaired) electrons. The molecule has 4 rings (SSSR count). The van der Waals surface area contributed by atoms with Crippen molar-refractivity contribution in [1.82, 2.24) is 9.78 Å². The maximum atomic E-state index is 13.2. The van der Waals surface area contributed by atoms with E-state index in [0.29, 0.717) is 52.6 Å². The van der Waals surface area contributed by atoms with Gasteiger partial charge in [0.2, 0.25) is 5.88 Å². The Morgan fingerprint density at radius 3 is 2.61 bits per heavy atom. The minimum atomic E-state index is -0.649. The molecule has 1 fully saturated rings. The topological polar surface area (TPSA) is 95.9 Å². The molecule has 1 aliphatic heterocycles. The number of aromatic nitrogens is 2. The number of para-hydroxylation sites is 1. The minimum absolute atomic E-state index is 0.225. The van der Waals surface area contributed by atoms with Gasteiger partial charge in [-0.2, -0.15) is 0 Å². The second kappa shape index (κ2) is 12.4. The smallest absolute Gasteiger partial charge is 0.324 e. The van der Waals surface area contributed by atoms with Crippen LogP contribution in [-0.2, 0) is 20.6 Å². The monoisotopic (exact) mass is 562 g/mol. The van der Waals surface area contributed by atoms with Gasteiger partial charge in [0.25, 0.3) is 0 Å². The summed E-state index contributed by atoms with van der Waals surface area (Å²) in [5.41, 5.74) is 2.84. The second-order valence-corrected chi connectivity index (χ2v) is 10.2. The minimum Gasteiger partial charge on any atom is -0.473 e. The largest absolute Gasteiger partial charge is 0.473 e. The number of hydrogen-bond acceptors (Lipinski definition) is 6. The Bertz CT molecular complexity index is 1270. The number of nitrogens with one attached hydrogen (secondary N) is 2. The molecule has 2 N–H and O–H groups in total. The predicted octanol–water partition coefficient (Wildman–Crippen LogP) is 6.24. The number of anilines is 2. The van der Waals surface area contributed by atoms with Gasteiger partial charge in [0.15, 0.2) is 5.79 Å². The number of halogens is 2. The highest BCUT2D eigenvalue weighted by Gasteiger charge is 2.33. The Hall–Kier alpha value is -2.82. The molecule has 2 aromatic carbocycles. The number of amides is 2. The fraction of sp³-hybridized carbons (Fsp3) is 0.407. The first-order valence-electron chi connectivity index (χ1n) is 12.3. The van der Waals surface area contributed by atoms with E-state index in [4.69, 9.17) is 42.1 Å². The number of urea groups is 1. The number of hydrogen-bond donors (Lipinski definition) is 2. The molecule has 9 nitrogen and oxygen atoms in total. The van der Waals surface area contributed by atoms with Gasteiger partial charge in [0.1, 0.15) is 18.5 Å². The average molecular weight is 563 g/mol. The van der Waals surface area contributed by atoms with E-state index in [1.807, 2.05) is 51.1 Å². The van der Waals surface area contributed by atoms with E-state index in [1.54, 1.807) is 23.9 Å². The van der Waals surface area contributed by atoms with E-state index in [0.717, 1.165) is 17.7 Å². The zero-order chi connectivity index (χ0) is 27.3. The summed E-state index contributed by atoms with van der Waals surface area (Å²) in [6, 6.07) is 12.4. The molecule has 1 aliphatic rings. The van der Waals surface area contributed by atoms with Crippen LogP contribution >= 0.6 is 23.2 Å². The van der Waals surface area contributed by atoms with Crippen LogP contribution in [0.3, 0.4) is 0 Å². The summed E-state index contributed by atoms with van der Waals surface area (Å²) in [7, 11) is 1.65. The molecule has 0 saturated carbocycles. The summed E-state index contributed by atoms with van der Waals surface area (Å²) in [6.45, 7) is 6.83. The summed E-state index contributed by atoms with van der Waals surface area (Å²) in [6.07, 6.45) is 1.19. The fourth-order valence-electron chi connectivity index (χ4n) is 4.11. The fourth-order valence-corrected chi connectivity index (χ4v) is 4.46. The van der Waals surface area contributed by atoms with Crippen molar-refractivity contribution in [2.75, 3.05) is 37.6 Å². The molecule has 0 bridgehead atoms. The number of carbonyl (C=O) groups excluding carboxylic acids is 1. The van der Waals surface area contributed by atoms with Crippen molar-refractivity contribution in [2.45, 2.75) is 45.5 Å². The maximum absolute atomic E-state index is 13.2. The Balaban J connectivity index is 1.55. The molecule has 0 spiro atoms. The summed E-state index contributed by atoms with van der Waals surface area (Å²) < 4.78 is 24.3. The average Bonchev–Trinajstić information content (AvgIpc) is 3.39. The quantitative estimate of drug-likeness (QED) is 0.284. The summed E-state index contributed by atoms with van der Waals surface area (Å²) >= 11 is 12.5. The Labute approximate surface area is 232 Å². The number of methoxy groups -OCH3 is 1. The standard InChI is InChI=1S/C27H32Cl2N4O5/c1-17-24(31-26(34)30-23-14-22(29)21(28)13-18(23)9-8-12-35-4)33(19-10-6-5-7-11-19)32-25(17)36-15-20-16-37-27(2,3)38-20/h5-7,10-11,13-14,20H,8-9,12,15-16H2,1-4H3,(H2,30,31,34). The predicted molar refractivity (Wildman–Crippen MR) is 148 cm³/mol. The van der Waals surface area contributed by atoms with Crippen LogP contribution in [0.1, 0.15) is 31.4 Å². The Kier molecular flexibility index (Phi) is 9.17. The second-order valence-electron chi connectivity index (χ2n) is 9.39. The van der Waals surface area contributed by atoms with Crippen molar-refractivity contribution in [3.05, 3.63) is 63.6 Å². The molecule has 1 aromatic heterocycles. The molecule has 0 aliphatic carbocycles. The number of nitrogens with zero attached hydrogens (tertiary/aromatic N) is 2. The molecule has 2 amide bonds. The zero-order valence-electron chi connectivity index (χ0n) is 21.8. The lowest BCUT2D eigenvalue weighted by Crippen LogP contribution is -2.25. The van der Waals surface area contributed by atoms with Crippen molar-refractivity contribution in [1.29, 1.82) is 0 Å². The normalized spacial score (nSPS) is 16.4. The lowest BCUT2D eigenvalue weighted by atomic mass is 10.1. The molecular weight excluding hydrogens is 531 g/mol. The molecule has 38 heavy (non-hydrogen) atoms. The molecular formula is C27H32Cl2N4O5. The van der Waals surface area contributed by atoms with Gasteiger partial charge in [-0.05, 0) is 63.4 Å². The lowest BCUT2D eigenvalue weighted by Gasteiger charge is -2.17. The SMILES string of the molecule is COCCCc1cc(Cl)c(Cl)cc1NC(=O)Nc1c(C)c(OCC2COC(C)(C)O2)nn1-c1ccccc1. The van der Waals surface area contributed by atoms with Crippen LogP contribution in [0.2, 0.25) is 10.0 Å². The van der Waals surface area contributed by atoms with E-state index in [2.05, 4.69) is 15.7 Å². The molecule has 1 unspecified atom stereocenters. The van der Waals surface area contributed by atoms with E-state index < -0.39 is 11.8 Å². The van der Waals surface area contributed by atoms with Crippen LogP contribution < -0.4 is 15.4 Å².